The van der Waals surface area contributed by atoms with Crippen molar-refractivity contribution in [1.29, 1.82) is 0 Å². The van der Waals surface area contributed by atoms with E-state index < -0.39 is 0 Å². The van der Waals surface area contributed by atoms with Crippen LogP contribution in [0.5, 0.6) is 0 Å². The molecular weight excluding hydrogens is 353 g/mol. The second-order valence-corrected chi connectivity index (χ2v) is 7.50. The van der Waals surface area contributed by atoms with Crippen molar-refractivity contribution >= 4 is 16.8 Å². The Labute approximate surface area is 165 Å². The molecule has 1 amide bonds. The van der Waals surface area contributed by atoms with Crippen molar-refractivity contribution in [3.63, 3.8) is 0 Å². The van der Waals surface area contributed by atoms with Gasteiger partial charge in [-0.1, -0.05) is 30.3 Å². The zero-order valence-corrected chi connectivity index (χ0v) is 16.0. The van der Waals surface area contributed by atoms with Gasteiger partial charge in [-0.05, 0) is 42.2 Å². The number of fused-ring (bicyclic) bond motifs is 1. The zero-order valence-electron chi connectivity index (χ0n) is 16.0. The number of rotatable bonds is 6. The second-order valence-electron chi connectivity index (χ2n) is 7.50. The summed E-state index contributed by atoms with van der Waals surface area (Å²) in [6.07, 6.45) is 4.42. The molecule has 0 atom stereocenters. The molecule has 0 bridgehead atoms. The minimum atomic E-state index is -0.193. The number of nitrogens with one attached hydrogen (secondary N) is 1. The zero-order chi connectivity index (χ0) is 19.3. The maximum Gasteiger partial charge on any atom is 0.222 e. The topological polar surface area (TPSA) is 39.3 Å². The van der Waals surface area contributed by atoms with E-state index in [0.717, 1.165) is 56.6 Å². The number of amides is 1. The molecule has 1 saturated heterocycles. The van der Waals surface area contributed by atoms with E-state index in [2.05, 4.69) is 28.2 Å². The van der Waals surface area contributed by atoms with E-state index in [1.54, 1.807) is 12.1 Å². The van der Waals surface area contributed by atoms with E-state index in [1.165, 1.54) is 17.0 Å². The molecule has 1 aromatic heterocycles. The lowest BCUT2D eigenvalue weighted by molar-refractivity contribution is -0.133. The number of aryl methyl sites for hydroxylation is 1. The van der Waals surface area contributed by atoms with Gasteiger partial charge in [0.15, 0.2) is 0 Å². The van der Waals surface area contributed by atoms with Crippen LogP contribution in [0.15, 0.2) is 54.7 Å². The van der Waals surface area contributed by atoms with Gasteiger partial charge in [-0.2, -0.15) is 0 Å². The highest BCUT2D eigenvalue weighted by molar-refractivity contribution is 5.83. The molecule has 1 N–H and O–H groups in total. The summed E-state index contributed by atoms with van der Waals surface area (Å²) in [6, 6.07) is 15.0. The Morgan fingerprint density at radius 1 is 1.04 bits per heavy atom. The number of H-pyrrole nitrogens is 1. The summed E-state index contributed by atoms with van der Waals surface area (Å²) >= 11 is 0. The molecule has 0 aliphatic carbocycles. The van der Waals surface area contributed by atoms with Gasteiger partial charge < -0.3 is 9.88 Å². The Kier molecular flexibility index (Phi) is 5.72. The fourth-order valence-corrected chi connectivity index (χ4v) is 3.98. The van der Waals surface area contributed by atoms with Crippen LogP contribution in [-0.4, -0.2) is 46.9 Å². The molecule has 0 radical (unpaired) electrons. The Bertz CT molecular complexity index is 944. The van der Waals surface area contributed by atoms with Crippen molar-refractivity contribution < 1.29 is 9.18 Å². The smallest absolute Gasteiger partial charge is 0.222 e. The van der Waals surface area contributed by atoms with E-state index in [0.29, 0.717) is 6.42 Å². The van der Waals surface area contributed by atoms with Crippen LogP contribution in [0, 0.1) is 5.82 Å². The lowest BCUT2D eigenvalue weighted by Gasteiger charge is -2.34. The third-order valence-electron chi connectivity index (χ3n) is 5.53. The summed E-state index contributed by atoms with van der Waals surface area (Å²) in [5.41, 5.74) is 3.42. The highest BCUT2D eigenvalue weighted by Gasteiger charge is 2.21. The number of benzene rings is 2. The van der Waals surface area contributed by atoms with E-state index in [9.17, 15) is 9.18 Å². The Balaban J connectivity index is 1.22. The number of halogens is 1. The molecule has 1 aliphatic rings. The number of para-hydroxylation sites is 1. The van der Waals surface area contributed by atoms with E-state index >= 15 is 0 Å². The van der Waals surface area contributed by atoms with Gasteiger partial charge in [0.25, 0.3) is 0 Å². The standard InChI is InChI=1S/C23H26FN3O/c24-20-7-3-5-18(15-20)17-26-11-13-27(14-12-26)23(28)10-4-6-19-16-25-22-9-2-1-8-21(19)22/h1-3,5,7-9,15-16,25H,4,6,10-14,17H2. The molecule has 1 aliphatic heterocycles. The molecule has 0 saturated carbocycles. The Morgan fingerprint density at radius 2 is 1.86 bits per heavy atom. The Morgan fingerprint density at radius 3 is 2.68 bits per heavy atom. The van der Waals surface area contributed by atoms with Crippen LogP contribution in [0.4, 0.5) is 4.39 Å². The van der Waals surface area contributed by atoms with Crippen molar-refractivity contribution in [3.8, 4) is 0 Å². The van der Waals surface area contributed by atoms with Crippen molar-refractivity contribution in [1.82, 2.24) is 14.8 Å². The normalized spacial score (nSPS) is 15.2. The highest BCUT2D eigenvalue weighted by Crippen LogP contribution is 2.20. The monoisotopic (exact) mass is 379 g/mol. The van der Waals surface area contributed by atoms with Gasteiger partial charge >= 0.3 is 0 Å². The van der Waals surface area contributed by atoms with Crippen LogP contribution in [0.3, 0.4) is 0 Å². The number of aromatic amines is 1. The molecule has 5 heteroatoms. The lowest BCUT2D eigenvalue weighted by Crippen LogP contribution is -2.48. The molecule has 0 unspecified atom stereocenters. The highest BCUT2D eigenvalue weighted by atomic mass is 19.1. The van der Waals surface area contributed by atoms with Crippen molar-refractivity contribution in [2.24, 2.45) is 0 Å². The van der Waals surface area contributed by atoms with E-state index in [1.807, 2.05) is 23.1 Å². The van der Waals surface area contributed by atoms with Gasteiger partial charge in [-0.3, -0.25) is 9.69 Å². The molecular formula is C23H26FN3O. The first kappa shape index (κ1) is 18.7. The first-order valence-electron chi connectivity index (χ1n) is 9.98. The number of piperazine rings is 1. The average molecular weight is 379 g/mol. The average Bonchev–Trinajstić information content (AvgIpc) is 3.12. The predicted octanol–water partition coefficient (Wildman–Crippen LogP) is 3.97. The summed E-state index contributed by atoms with van der Waals surface area (Å²) in [4.78, 5) is 20.1. The van der Waals surface area contributed by atoms with Gasteiger partial charge in [0, 0.05) is 56.2 Å². The number of aromatic nitrogens is 1. The molecule has 2 aromatic carbocycles. The van der Waals surface area contributed by atoms with Crippen LogP contribution in [-0.2, 0) is 17.8 Å². The molecule has 4 nitrogen and oxygen atoms in total. The number of hydrogen-bond acceptors (Lipinski definition) is 2. The molecule has 28 heavy (non-hydrogen) atoms. The third kappa shape index (κ3) is 4.42. The minimum Gasteiger partial charge on any atom is -0.361 e. The third-order valence-corrected chi connectivity index (χ3v) is 5.53. The quantitative estimate of drug-likeness (QED) is 0.704. The summed E-state index contributed by atoms with van der Waals surface area (Å²) in [5.74, 6) is 0.0479. The first-order chi connectivity index (χ1) is 13.7. The maximum absolute atomic E-state index is 13.3. The lowest BCUT2D eigenvalue weighted by atomic mass is 10.1. The van der Waals surface area contributed by atoms with Crippen molar-refractivity contribution in [2.75, 3.05) is 26.2 Å². The molecule has 4 rings (SSSR count). The van der Waals surface area contributed by atoms with Crippen LogP contribution < -0.4 is 0 Å². The second kappa shape index (κ2) is 8.57. The molecule has 1 fully saturated rings. The van der Waals surface area contributed by atoms with E-state index in [-0.39, 0.29) is 11.7 Å². The van der Waals surface area contributed by atoms with Gasteiger partial charge in [0.2, 0.25) is 5.91 Å². The molecule has 146 valence electrons. The molecule has 3 aromatic rings. The summed E-state index contributed by atoms with van der Waals surface area (Å²) in [6.45, 7) is 3.91. The SMILES string of the molecule is O=C(CCCc1c[nH]c2ccccc12)N1CCN(Cc2cccc(F)c2)CC1. The minimum absolute atomic E-state index is 0.193. The maximum atomic E-state index is 13.3. The number of carbonyl (C=O) groups is 1. The fourth-order valence-electron chi connectivity index (χ4n) is 3.98. The van der Waals surface area contributed by atoms with Crippen LogP contribution in [0.2, 0.25) is 0 Å². The van der Waals surface area contributed by atoms with Crippen LogP contribution >= 0.6 is 0 Å². The van der Waals surface area contributed by atoms with E-state index in [4.69, 9.17) is 0 Å². The largest absolute Gasteiger partial charge is 0.361 e. The summed E-state index contributed by atoms with van der Waals surface area (Å²) in [7, 11) is 0. The van der Waals surface area contributed by atoms with Crippen LogP contribution in [0.1, 0.15) is 24.0 Å². The Hall–Kier alpha value is -2.66. The predicted molar refractivity (Wildman–Crippen MR) is 109 cm³/mol. The van der Waals surface area contributed by atoms with Gasteiger partial charge in [0.05, 0.1) is 0 Å². The molecule has 0 spiro atoms. The van der Waals surface area contributed by atoms with Gasteiger partial charge in [0.1, 0.15) is 5.82 Å². The van der Waals surface area contributed by atoms with Crippen molar-refractivity contribution in [2.45, 2.75) is 25.8 Å². The van der Waals surface area contributed by atoms with Crippen LogP contribution in [0.25, 0.3) is 10.9 Å². The number of hydrogen-bond donors (Lipinski definition) is 1. The van der Waals surface area contributed by atoms with Gasteiger partial charge in [-0.15, -0.1) is 0 Å². The summed E-state index contributed by atoms with van der Waals surface area (Å²) in [5, 5.41) is 1.25. The first-order valence-corrected chi connectivity index (χ1v) is 9.98. The molecule has 2 heterocycles. The number of nitrogens with zero attached hydrogens (tertiary/aromatic N) is 2. The van der Waals surface area contributed by atoms with Gasteiger partial charge in [-0.25, -0.2) is 4.39 Å². The fraction of sp³-hybridized carbons (Fsp3) is 0.348. The number of carbonyl (C=O) groups excluding carboxylic acids is 1. The van der Waals surface area contributed by atoms with Crippen molar-refractivity contribution in [3.05, 3.63) is 71.7 Å². The summed E-state index contributed by atoms with van der Waals surface area (Å²) < 4.78 is 13.3.